The number of aliphatic carboxylic acids is 2. The highest BCUT2D eigenvalue weighted by Crippen LogP contribution is 2.13. The van der Waals surface area contributed by atoms with Gasteiger partial charge in [-0.2, -0.15) is 0 Å². The molecular weight excluding hydrogens is 382 g/mol. The van der Waals surface area contributed by atoms with E-state index in [9.17, 15) is 14.7 Å². The van der Waals surface area contributed by atoms with Crippen molar-refractivity contribution in [2.24, 2.45) is 0 Å². The third-order valence-corrected chi connectivity index (χ3v) is 3.20. The van der Waals surface area contributed by atoms with Crippen molar-refractivity contribution in [1.82, 2.24) is 5.32 Å². The van der Waals surface area contributed by atoms with Crippen molar-refractivity contribution in [2.75, 3.05) is 33.5 Å². The van der Waals surface area contributed by atoms with Gasteiger partial charge in [0, 0.05) is 31.8 Å². The molecule has 0 heterocycles. The van der Waals surface area contributed by atoms with Gasteiger partial charge in [0.15, 0.2) is 0 Å². The Kier molecular flexibility index (Phi) is 15.1. The highest BCUT2D eigenvalue weighted by atomic mass is 16.5. The minimum Gasteiger partial charge on any atom is -0.491 e. The summed E-state index contributed by atoms with van der Waals surface area (Å²) in [7, 11) is 1.65. The van der Waals surface area contributed by atoms with Crippen LogP contribution >= 0.6 is 0 Å². The molecule has 0 saturated heterocycles. The molecule has 0 amide bonds. The van der Waals surface area contributed by atoms with Gasteiger partial charge in [0.05, 0.1) is 19.8 Å². The zero-order chi connectivity index (χ0) is 22.1. The van der Waals surface area contributed by atoms with Crippen LogP contribution in [-0.4, -0.2) is 72.9 Å². The second-order valence-corrected chi connectivity index (χ2v) is 6.23. The number of ether oxygens (including phenoxy) is 3. The van der Waals surface area contributed by atoms with Gasteiger partial charge in [-0.3, -0.25) is 0 Å². The average molecular weight is 413 g/mol. The minimum atomic E-state index is -1.26. The van der Waals surface area contributed by atoms with Crippen LogP contribution in [0.5, 0.6) is 5.75 Å². The number of carbonyl (C=O) groups is 2. The molecule has 9 heteroatoms. The molecule has 0 bridgehead atoms. The largest absolute Gasteiger partial charge is 0.491 e. The minimum absolute atomic E-state index is 0.281. The Hall–Kier alpha value is -2.46. The summed E-state index contributed by atoms with van der Waals surface area (Å²) < 4.78 is 15.9. The molecule has 1 aromatic rings. The van der Waals surface area contributed by atoms with Crippen molar-refractivity contribution < 1.29 is 39.1 Å². The second kappa shape index (κ2) is 16.5. The molecule has 0 aliphatic heterocycles. The summed E-state index contributed by atoms with van der Waals surface area (Å²) in [5.41, 5.74) is 1.08. The molecule has 4 N–H and O–H groups in total. The van der Waals surface area contributed by atoms with E-state index in [2.05, 4.69) is 5.32 Å². The number of aliphatic hydroxyl groups excluding tert-OH is 1. The van der Waals surface area contributed by atoms with Gasteiger partial charge in [0.2, 0.25) is 0 Å². The molecule has 0 aromatic heterocycles. The van der Waals surface area contributed by atoms with Crippen molar-refractivity contribution in [1.29, 1.82) is 0 Å². The Bertz CT molecular complexity index is 585. The van der Waals surface area contributed by atoms with Gasteiger partial charge in [-0.25, -0.2) is 9.59 Å². The van der Waals surface area contributed by atoms with Crippen molar-refractivity contribution in [2.45, 2.75) is 32.6 Å². The first-order valence-electron chi connectivity index (χ1n) is 9.08. The molecule has 0 aliphatic carbocycles. The smallest absolute Gasteiger partial charge is 0.328 e. The molecule has 9 nitrogen and oxygen atoms in total. The van der Waals surface area contributed by atoms with E-state index in [4.69, 9.17) is 24.4 Å². The van der Waals surface area contributed by atoms with Crippen LogP contribution in [0, 0.1) is 0 Å². The third-order valence-electron chi connectivity index (χ3n) is 3.20. The molecule has 0 spiro atoms. The molecule has 29 heavy (non-hydrogen) atoms. The summed E-state index contributed by atoms with van der Waals surface area (Å²) in [6, 6.07) is 8.05. The molecule has 1 rings (SSSR count). The number of aliphatic hydroxyl groups is 1. The Morgan fingerprint density at radius 1 is 1.07 bits per heavy atom. The van der Waals surface area contributed by atoms with Crippen LogP contribution in [-0.2, 0) is 25.7 Å². The number of methoxy groups -OCH3 is 1. The maximum absolute atomic E-state index is 9.76. The number of rotatable bonds is 13. The topological polar surface area (TPSA) is 135 Å². The number of nitrogens with one attached hydrogen (secondary N) is 1. The highest BCUT2D eigenvalue weighted by molar-refractivity contribution is 5.89. The van der Waals surface area contributed by atoms with E-state index in [-0.39, 0.29) is 6.61 Å². The van der Waals surface area contributed by atoms with E-state index < -0.39 is 18.0 Å². The highest BCUT2D eigenvalue weighted by Gasteiger charge is 2.06. The van der Waals surface area contributed by atoms with Crippen molar-refractivity contribution in [3.8, 4) is 5.75 Å². The lowest BCUT2D eigenvalue weighted by Crippen LogP contribution is -2.35. The van der Waals surface area contributed by atoms with Crippen LogP contribution in [0.1, 0.15) is 19.4 Å². The van der Waals surface area contributed by atoms with Crippen LogP contribution in [0.4, 0.5) is 0 Å². The van der Waals surface area contributed by atoms with Crippen molar-refractivity contribution in [3.63, 3.8) is 0 Å². The first-order valence-corrected chi connectivity index (χ1v) is 9.08. The van der Waals surface area contributed by atoms with Crippen LogP contribution in [0.2, 0.25) is 0 Å². The lowest BCUT2D eigenvalue weighted by atomic mass is 10.2. The molecule has 0 aliphatic rings. The zero-order valence-corrected chi connectivity index (χ0v) is 17.0. The van der Waals surface area contributed by atoms with Crippen molar-refractivity contribution in [3.05, 3.63) is 42.0 Å². The van der Waals surface area contributed by atoms with E-state index in [1.165, 1.54) is 0 Å². The van der Waals surface area contributed by atoms with Crippen LogP contribution in [0.15, 0.2) is 36.4 Å². The Morgan fingerprint density at radius 3 is 2.14 bits per heavy atom. The maximum atomic E-state index is 9.76. The van der Waals surface area contributed by atoms with Crippen LogP contribution in [0.25, 0.3) is 0 Å². The van der Waals surface area contributed by atoms with E-state index in [1.54, 1.807) is 7.11 Å². The van der Waals surface area contributed by atoms with Gasteiger partial charge >= 0.3 is 11.9 Å². The molecule has 0 fully saturated rings. The number of benzene rings is 1. The van der Waals surface area contributed by atoms with Crippen LogP contribution < -0.4 is 10.1 Å². The van der Waals surface area contributed by atoms with E-state index in [0.29, 0.717) is 44.6 Å². The standard InChI is InChI=1S/C16H27NO4.C4H4O4/c1-13(2)17-10-15(18)12-21-16-6-4-14(5-7-16)11-20-9-8-19-3;5-3(6)1-2-4(7)8/h4-7,13,15,17-18H,8-12H2,1-3H3;1-2H,(H,5,6)(H,7,8)/b;2-1+. The summed E-state index contributed by atoms with van der Waals surface area (Å²) >= 11 is 0. The summed E-state index contributed by atoms with van der Waals surface area (Å²) in [5.74, 6) is -1.76. The average Bonchev–Trinajstić information content (AvgIpc) is 2.68. The van der Waals surface area contributed by atoms with E-state index in [1.807, 2.05) is 38.1 Å². The quantitative estimate of drug-likeness (QED) is 0.279. The Balaban J connectivity index is 0.000000828. The fourth-order valence-corrected chi connectivity index (χ4v) is 1.78. The summed E-state index contributed by atoms with van der Waals surface area (Å²) in [6.07, 6.45) is 0.606. The molecule has 1 aromatic carbocycles. The van der Waals surface area contributed by atoms with Gasteiger partial charge in [0.25, 0.3) is 0 Å². The summed E-state index contributed by atoms with van der Waals surface area (Å²) in [4.78, 5) is 19.1. The first kappa shape index (κ1) is 26.5. The number of hydrogen-bond donors (Lipinski definition) is 4. The third kappa shape index (κ3) is 17.4. The summed E-state index contributed by atoms with van der Waals surface area (Å²) in [6.45, 7) is 6.65. The fraction of sp³-hybridized carbons (Fsp3) is 0.500. The first-order chi connectivity index (χ1) is 13.7. The van der Waals surface area contributed by atoms with Gasteiger partial charge in [-0.05, 0) is 17.7 Å². The Labute approximate surface area is 170 Å². The molecule has 164 valence electrons. The van der Waals surface area contributed by atoms with Gasteiger partial charge in [0.1, 0.15) is 18.5 Å². The molecule has 1 unspecified atom stereocenters. The second-order valence-electron chi connectivity index (χ2n) is 6.23. The Morgan fingerprint density at radius 2 is 1.66 bits per heavy atom. The normalized spacial score (nSPS) is 11.8. The predicted molar refractivity (Wildman–Crippen MR) is 107 cm³/mol. The number of hydrogen-bond acceptors (Lipinski definition) is 7. The molecular formula is C20H31NO8. The molecule has 0 radical (unpaired) electrons. The van der Waals surface area contributed by atoms with Crippen LogP contribution in [0.3, 0.4) is 0 Å². The zero-order valence-electron chi connectivity index (χ0n) is 17.0. The van der Waals surface area contributed by atoms with E-state index >= 15 is 0 Å². The van der Waals surface area contributed by atoms with Gasteiger partial charge in [-0.1, -0.05) is 26.0 Å². The number of carboxylic acids is 2. The predicted octanol–water partition coefficient (Wildman–Crippen LogP) is 1.30. The fourth-order valence-electron chi connectivity index (χ4n) is 1.78. The van der Waals surface area contributed by atoms with Gasteiger partial charge < -0.3 is 34.8 Å². The lowest BCUT2D eigenvalue weighted by molar-refractivity contribution is -0.134. The molecule has 1 atom stereocenters. The lowest BCUT2D eigenvalue weighted by Gasteiger charge is -2.15. The SMILES string of the molecule is COCCOCc1ccc(OCC(O)CNC(C)C)cc1.O=C(O)/C=C/C(=O)O. The number of carboxylic acid groups (broad SMARTS) is 2. The van der Waals surface area contributed by atoms with Crippen molar-refractivity contribution >= 4 is 11.9 Å². The summed E-state index contributed by atoms with van der Waals surface area (Å²) in [5, 5.41) is 28.6. The van der Waals surface area contributed by atoms with Gasteiger partial charge in [-0.15, -0.1) is 0 Å². The van der Waals surface area contributed by atoms with E-state index in [0.717, 1.165) is 11.3 Å². The maximum Gasteiger partial charge on any atom is 0.328 e. The molecule has 0 saturated carbocycles. The monoisotopic (exact) mass is 413 g/mol.